The fourth-order valence-electron chi connectivity index (χ4n) is 4.19. The Morgan fingerprint density at radius 1 is 1.19 bits per heavy atom. The maximum atomic E-state index is 12.4. The number of aryl methyl sites for hydroxylation is 1. The summed E-state index contributed by atoms with van der Waals surface area (Å²) < 4.78 is 11.3. The number of ether oxygens (including phenoxy) is 2. The van der Waals surface area contributed by atoms with Gasteiger partial charge in [-0.15, -0.1) is 0 Å². The Morgan fingerprint density at radius 2 is 1.92 bits per heavy atom. The highest BCUT2D eigenvalue weighted by molar-refractivity contribution is 5.77. The zero-order valence-electron chi connectivity index (χ0n) is 16.2. The molecule has 1 saturated carbocycles. The standard InChI is InChI=1S/C21H32N2O3/c1-17-7-6-8-19(18(17)2)26-15-20(24)22-16-21(9-4-3-5-10-21)23-11-13-25-14-12-23/h6-8H,3-5,9-16H2,1-2H3,(H,22,24). The summed E-state index contributed by atoms with van der Waals surface area (Å²) in [6, 6.07) is 5.94. The van der Waals surface area contributed by atoms with Gasteiger partial charge in [0.15, 0.2) is 6.61 Å². The van der Waals surface area contributed by atoms with Crippen LogP contribution in [-0.4, -0.2) is 55.8 Å². The molecule has 0 bridgehead atoms. The summed E-state index contributed by atoms with van der Waals surface area (Å²) in [5.41, 5.74) is 2.37. The quantitative estimate of drug-likeness (QED) is 0.848. The number of amides is 1. The molecule has 1 N–H and O–H groups in total. The number of hydrogen-bond donors (Lipinski definition) is 1. The van der Waals surface area contributed by atoms with Crippen LogP contribution in [0.15, 0.2) is 18.2 Å². The highest BCUT2D eigenvalue weighted by Gasteiger charge is 2.38. The lowest BCUT2D eigenvalue weighted by molar-refractivity contribution is -0.124. The first-order valence-electron chi connectivity index (χ1n) is 9.89. The molecule has 1 saturated heterocycles. The van der Waals surface area contributed by atoms with Gasteiger partial charge >= 0.3 is 0 Å². The van der Waals surface area contributed by atoms with Crippen LogP contribution in [0.4, 0.5) is 0 Å². The predicted molar refractivity (Wildman–Crippen MR) is 103 cm³/mol. The minimum absolute atomic E-state index is 0.0379. The number of rotatable bonds is 6. The highest BCUT2D eigenvalue weighted by Crippen LogP contribution is 2.33. The maximum Gasteiger partial charge on any atom is 0.258 e. The summed E-state index contributed by atoms with van der Waals surface area (Å²) in [7, 11) is 0. The average Bonchev–Trinajstić information content (AvgIpc) is 2.69. The number of carbonyl (C=O) groups excluding carboxylic acids is 1. The molecular weight excluding hydrogens is 328 g/mol. The van der Waals surface area contributed by atoms with Crippen molar-refractivity contribution in [2.45, 2.75) is 51.5 Å². The summed E-state index contributed by atoms with van der Waals surface area (Å²) in [6.45, 7) is 8.39. The van der Waals surface area contributed by atoms with Crippen molar-refractivity contribution >= 4 is 5.91 Å². The number of benzene rings is 1. The van der Waals surface area contributed by atoms with E-state index in [-0.39, 0.29) is 18.1 Å². The number of nitrogens with zero attached hydrogens (tertiary/aromatic N) is 1. The van der Waals surface area contributed by atoms with Gasteiger partial charge in [0.25, 0.3) is 5.91 Å². The molecule has 2 aliphatic rings. The lowest BCUT2D eigenvalue weighted by Crippen LogP contribution is -2.60. The molecular formula is C21H32N2O3. The van der Waals surface area contributed by atoms with E-state index in [0.717, 1.165) is 50.5 Å². The van der Waals surface area contributed by atoms with Gasteiger partial charge in [0, 0.05) is 25.2 Å². The van der Waals surface area contributed by atoms with Crippen molar-refractivity contribution in [3.8, 4) is 5.75 Å². The van der Waals surface area contributed by atoms with E-state index >= 15 is 0 Å². The third kappa shape index (κ3) is 4.57. The Kier molecular flexibility index (Phi) is 6.54. The van der Waals surface area contributed by atoms with Gasteiger partial charge < -0.3 is 14.8 Å². The van der Waals surface area contributed by atoms with Gasteiger partial charge in [0.1, 0.15) is 5.75 Å². The number of hydrogen-bond acceptors (Lipinski definition) is 4. The van der Waals surface area contributed by atoms with Crippen molar-refractivity contribution in [2.24, 2.45) is 0 Å². The second kappa shape index (κ2) is 8.87. The lowest BCUT2D eigenvalue weighted by Gasteiger charge is -2.48. The molecule has 5 heteroatoms. The first-order chi connectivity index (χ1) is 12.6. The molecule has 1 aromatic carbocycles. The Balaban J connectivity index is 1.54. The van der Waals surface area contributed by atoms with Crippen LogP contribution in [0.1, 0.15) is 43.2 Å². The third-order valence-corrected chi connectivity index (χ3v) is 5.99. The third-order valence-electron chi connectivity index (χ3n) is 5.99. The average molecular weight is 360 g/mol. The molecule has 5 nitrogen and oxygen atoms in total. The van der Waals surface area contributed by atoms with Crippen LogP contribution in [-0.2, 0) is 9.53 Å². The van der Waals surface area contributed by atoms with Crippen LogP contribution in [0.2, 0.25) is 0 Å². The van der Waals surface area contributed by atoms with E-state index in [0.29, 0.717) is 6.54 Å². The molecule has 0 aromatic heterocycles. The van der Waals surface area contributed by atoms with Crippen LogP contribution in [0.3, 0.4) is 0 Å². The minimum Gasteiger partial charge on any atom is -0.483 e. The topological polar surface area (TPSA) is 50.8 Å². The maximum absolute atomic E-state index is 12.4. The fraction of sp³-hybridized carbons (Fsp3) is 0.667. The normalized spacial score (nSPS) is 20.5. The van der Waals surface area contributed by atoms with E-state index in [4.69, 9.17) is 9.47 Å². The van der Waals surface area contributed by atoms with E-state index in [1.54, 1.807) is 0 Å². The van der Waals surface area contributed by atoms with Crippen LogP contribution >= 0.6 is 0 Å². The van der Waals surface area contributed by atoms with Crippen LogP contribution < -0.4 is 10.1 Å². The lowest BCUT2D eigenvalue weighted by atomic mass is 9.79. The molecule has 0 radical (unpaired) electrons. The van der Waals surface area contributed by atoms with Crippen molar-refractivity contribution in [1.29, 1.82) is 0 Å². The van der Waals surface area contributed by atoms with Crippen molar-refractivity contribution in [1.82, 2.24) is 10.2 Å². The van der Waals surface area contributed by atoms with Crippen molar-refractivity contribution < 1.29 is 14.3 Å². The SMILES string of the molecule is Cc1cccc(OCC(=O)NCC2(N3CCOCC3)CCCCC2)c1C. The van der Waals surface area contributed by atoms with Gasteiger partial charge in [-0.25, -0.2) is 0 Å². The molecule has 0 unspecified atom stereocenters. The first kappa shape index (κ1) is 19.2. The van der Waals surface area contributed by atoms with E-state index in [2.05, 4.69) is 23.2 Å². The van der Waals surface area contributed by atoms with Crippen LogP contribution in [0, 0.1) is 13.8 Å². The summed E-state index contributed by atoms with van der Waals surface area (Å²) >= 11 is 0. The molecule has 1 aliphatic heterocycles. The van der Waals surface area contributed by atoms with Crippen LogP contribution in [0.5, 0.6) is 5.75 Å². The molecule has 0 atom stereocenters. The minimum atomic E-state index is -0.0379. The van der Waals surface area contributed by atoms with Gasteiger partial charge in [-0.1, -0.05) is 31.4 Å². The zero-order valence-corrected chi connectivity index (χ0v) is 16.2. The summed E-state index contributed by atoms with van der Waals surface area (Å²) in [5.74, 6) is 0.754. The van der Waals surface area contributed by atoms with Crippen molar-refractivity contribution in [2.75, 3.05) is 39.5 Å². The number of carbonyl (C=O) groups is 1. The summed E-state index contributed by atoms with van der Waals surface area (Å²) in [4.78, 5) is 14.9. The van der Waals surface area contributed by atoms with Crippen molar-refractivity contribution in [3.05, 3.63) is 29.3 Å². The molecule has 1 aliphatic carbocycles. The first-order valence-corrected chi connectivity index (χ1v) is 9.89. The molecule has 26 heavy (non-hydrogen) atoms. The molecule has 144 valence electrons. The summed E-state index contributed by atoms with van der Waals surface area (Å²) in [5, 5.41) is 3.15. The molecule has 3 rings (SSSR count). The second-order valence-corrected chi connectivity index (χ2v) is 7.65. The highest BCUT2D eigenvalue weighted by atomic mass is 16.5. The molecule has 1 heterocycles. The zero-order chi connectivity index (χ0) is 18.4. The van der Waals surface area contributed by atoms with Crippen molar-refractivity contribution in [3.63, 3.8) is 0 Å². The molecule has 1 amide bonds. The van der Waals surface area contributed by atoms with Gasteiger partial charge in [0.05, 0.1) is 13.2 Å². The van der Waals surface area contributed by atoms with E-state index in [1.165, 1.54) is 24.8 Å². The summed E-state index contributed by atoms with van der Waals surface area (Å²) in [6.07, 6.45) is 6.10. The fourth-order valence-corrected chi connectivity index (χ4v) is 4.19. The van der Waals surface area contributed by atoms with Gasteiger partial charge in [0.2, 0.25) is 0 Å². The van der Waals surface area contributed by atoms with Gasteiger partial charge in [-0.3, -0.25) is 9.69 Å². The molecule has 0 spiro atoms. The van der Waals surface area contributed by atoms with Gasteiger partial charge in [-0.05, 0) is 43.9 Å². The van der Waals surface area contributed by atoms with Gasteiger partial charge in [-0.2, -0.15) is 0 Å². The largest absolute Gasteiger partial charge is 0.483 e. The second-order valence-electron chi connectivity index (χ2n) is 7.65. The van der Waals surface area contributed by atoms with E-state index < -0.39 is 0 Å². The molecule has 1 aromatic rings. The Morgan fingerprint density at radius 3 is 2.65 bits per heavy atom. The Bertz CT molecular complexity index is 605. The predicted octanol–water partition coefficient (Wildman–Crippen LogP) is 2.83. The monoisotopic (exact) mass is 360 g/mol. The number of nitrogens with one attached hydrogen (secondary N) is 1. The van der Waals surface area contributed by atoms with E-state index in [9.17, 15) is 4.79 Å². The van der Waals surface area contributed by atoms with E-state index in [1.807, 2.05) is 19.1 Å². The smallest absolute Gasteiger partial charge is 0.258 e. The number of morpholine rings is 1. The Labute approximate surface area is 157 Å². The molecule has 2 fully saturated rings. The Hall–Kier alpha value is -1.59. The van der Waals surface area contributed by atoms with Crippen LogP contribution in [0.25, 0.3) is 0 Å².